The van der Waals surface area contributed by atoms with Crippen molar-refractivity contribution in [3.63, 3.8) is 0 Å². The smallest absolute Gasteiger partial charge is 0.318 e. The van der Waals surface area contributed by atoms with Crippen molar-refractivity contribution in [2.45, 2.75) is 25.4 Å². The molecule has 0 spiro atoms. The van der Waals surface area contributed by atoms with Crippen molar-refractivity contribution in [3.05, 3.63) is 57.8 Å². The maximum absolute atomic E-state index is 12.8. The highest BCUT2D eigenvalue weighted by atomic mass is 32.1. The molecule has 0 radical (unpaired) electrons. The molecule has 6 nitrogen and oxygen atoms in total. The number of benzene rings is 1. The number of likely N-dealkylation sites (N-methyl/N-ethyl adjacent to an activating group) is 1. The van der Waals surface area contributed by atoms with Crippen LogP contribution < -0.4 is 5.32 Å². The van der Waals surface area contributed by atoms with Crippen molar-refractivity contribution in [1.82, 2.24) is 20.0 Å². The molecular weight excluding hydrogens is 384 g/mol. The Kier molecular flexibility index (Phi) is 6.16. The third-order valence-corrected chi connectivity index (χ3v) is 6.83. The van der Waals surface area contributed by atoms with Crippen molar-refractivity contribution in [3.8, 4) is 0 Å². The third kappa shape index (κ3) is 4.62. The van der Waals surface area contributed by atoms with Gasteiger partial charge in [-0.05, 0) is 36.0 Å². The predicted octanol–water partition coefficient (Wildman–Crippen LogP) is 2.72. The van der Waals surface area contributed by atoms with Crippen LogP contribution in [0.3, 0.4) is 0 Å². The summed E-state index contributed by atoms with van der Waals surface area (Å²) >= 11 is 1.77. The van der Waals surface area contributed by atoms with Crippen LogP contribution in [-0.4, -0.2) is 66.4 Å². The average Bonchev–Trinajstić information content (AvgIpc) is 3.22. The summed E-state index contributed by atoms with van der Waals surface area (Å²) in [7, 11) is 2.08. The van der Waals surface area contributed by atoms with Crippen LogP contribution in [0, 0.1) is 0 Å². The molecule has 1 unspecified atom stereocenters. The molecule has 7 heteroatoms. The molecule has 1 aromatic carbocycles. The molecule has 1 atom stereocenters. The van der Waals surface area contributed by atoms with E-state index in [0.29, 0.717) is 26.1 Å². The second kappa shape index (κ2) is 8.97. The molecule has 2 aliphatic rings. The topological polar surface area (TPSA) is 55.9 Å². The van der Waals surface area contributed by atoms with Crippen LogP contribution >= 0.6 is 11.3 Å². The highest BCUT2D eigenvalue weighted by molar-refractivity contribution is 7.10. The Hall–Kier alpha value is -2.38. The van der Waals surface area contributed by atoms with Crippen LogP contribution in [0.1, 0.15) is 28.5 Å². The predicted molar refractivity (Wildman–Crippen MR) is 115 cm³/mol. The van der Waals surface area contributed by atoms with Crippen LogP contribution in [-0.2, 0) is 17.8 Å². The van der Waals surface area contributed by atoms with Crippen molar-refractivity contribution in [2.24, 2.45) is 0 Å². The fourth-order valence-corrected chi connectivity index (χ4v) is 5.01. The first-order chi connectivity index (χ1) is 14.1. The Labute approximate surface area is 176 Å². The van der Waals surface area contributed by atoms with Crippen molar-refractivity contribution < 1.29 is 9.59 Å². The molecule has 4 rings (SSSR count). The number of urea groups is 1. The first-order valence-corrected chi connectivity index (χ1v) is 11.1. The van der Waals surface area contributed by atoms with Crippen LogP contribution in [0.4, 0.5) is 4.79 Å². The molecule has 1 N–H and O–H groups in total. The van der Waals surface area contributed by atoms with E-state index in [1.807, 2.05) is 28.0 Å². The summed E-state index contributed by atoms with van der Waals surface area (Å²) in [4.78, 5) is 32.9. The summed E-state index contributed by atoms with van der Waals surface area (Å²) in [5, 5.41) is 5.07. The highest BCUT2D eigenvalue weighted by Crippen LogP contribution is 2.25. The molecule has 3 heterocycles. The van der Waals surface area contributed by atoms with Crippen molar-refractivity contribution in [2.75, 3.05) is 39.8 Å². The maximum Gasteiger partial charge on any atom is 0.318 e. The van der Waals surface area contributed by atoms with Gasteiger partial charge >= 0.3 is 6.03 Å². The van der Waals surface area contributed by atoms with E-state index in [4.69, 9.17) is 0 Å². The number of nitrogens with one attached hydrogen (secondary N) is 1. The summed E-state index contributed by atoms with van der Waals surface area (Å²) < 4.78 is 0. The van der Waals surface area contributed by atoms with E-state index in [2.05, 4.69) is 40.8 Å². The zero-order valence-electron chi connectivity index (χ0n) is 16.8. The van der Waals surface area contributed by atoms with Crippen LogP contribution in [0.5, 0.6) is 0 Å². The monoisotopic (exact) mass is 412 g/mol. The Morgan fingerprint density at radius 3 is 2.79 bits per heavy atom. The van der Waals surface area contributed by atoms with Crippen LogP contribution in [0.15, 0.2) is 41.8 Å². The fourth-order valence-electron chi connectivity index (χ4n) is 4.12. The molecule has 0 bridgehead atoms. The maximum atomic E-state index is 12.8. The Morgan fingerprint density at radius 1 is 1.14 bits per heavy atom. The minimum absolute atomic E-state index is 0.0322. The van der Waals surface area contributed by atoms with Gasteiger partial charge in [-0.15, -0.1) is 11.3 Å². The molecule has 29 heavy (non-hydrogen) atoms. The quantitative estimate of drug-likeness (QED) is 0.840. The molecule has 2 aromatic rings. The van der Waals surface area contributed by atoms with Crippen molar-refractivity contribution in [1.29, 1.82) is 0 Å². The van der Waals surface area contributed by atoms with E-state index >= 15 is 0 Å². The second-order valence-electron chi connectivity index (χ2n) is 7.80. The largest absolute Gasteiger partial charge is 0.338 e. The second-order valence-corrected chi connectivity index (χ2v) is 8.80. The Morgan fingerprint density at radius 2 is 1.97 bits per heavy atom. The van der Waals surface area contributed by atoms with Gasteiger partial charge in [-0.2, -0.15) is 0 Å². The minimum Gasteiger partial charge on any atom is -0.338 e. The van der Waals surface area contributed by atoms with Crippen LogP contribution in [0.25, 0.3) is 0 Å². The van der Waals surface area contributed by atoms with E-state index < -0.39 is 0 Å². The zero-order chi connectivity index (χ0) is 20.2. The summed E-state index contributed by atoms with van der Waals surface area (Å²) in [5.74, 6) is 0.111. The SMILES string of the molecule is CN1CCN(C(=O)NCCC(=O)N2CCc3sccc3C2)C(c2ccccc2)C1. The summed E-state index contributed by atoms with van der Waals surface area (Å²) in [5.41, 5.74) is 2.41. The number of carbonyl (C=O) groups excluding carboxylic acids is 2. The van der Waals surface area contributed by atoms with Gasteiger partial charge in [0.2, 0.25) is 5.91 Å². The average molecular weight is 413 g/mol. The van der Waals surface area contributed by atoms with Crippen molar-refractivity contribution >= 4 is 23.3 Å². The van der Waals surface area contributed by atoms with E-state index in [0.717, 1.165) is 31.6 Å². The fraction of sp³-hybridized carbons (Fsp3) is 0.455. The minimum atomic E-state index is -0.0847. The normalized spacial score (nSPS) is 19.7. The number of piperazine rings is 1. The summed E-state index contributed by atoms with van der Waals surface area (Å²) in [6.07, 6.45) is 1.28. The number of hydrogen-bond donors (Lipinski definition) is 1. The molecule has 154 valence electrons. The van der Waals surface area contributed by atoms with Gasteiger partial charge in [0.15, 0.2) is 0 Å². The Balaban J connectivity index is 1.30. The molecule has 1 aromatic heterocycles. The van der Waals surface area contributed by atoms with E-state index in [1.165, 1.54) is 10.4 Å². The number of hydrogen-bond acceptors (Lipinski definition) is 4. The molecule has 0 saturated carbocycles. The lowest BCUT2D eigenvalue weighted by atomic mass is 10.0. The number of fused-ring (bicyclic) bond motifs is 1. The van der Waals surface area contributed by atoms with E-state index in [1.54, 1.807) is 11.3 Å². The number of rotatable bonds is 4. The lowest BCUT2D eigenvalue weighted by Gasteiger charge is -2.40. The first kappa shape index (κ1) is 19.9. The molecule has 2 aliphatic heterocycles. The first-order valence-electron chi connectivity index (χ1n) is 10.2. The van der Waals surface area contributed by atoms with Gasteiger partial charge < -0.3 is 20.0 Å². The molecule has 1 fully saturated rings. The van der Waals surface area contributed by atoms with E-state index in [9.17, 15) is 9.59 Å². The molecule has 0 aliphatic carbocycles. The lowest BCUT2D eigenvalue weighted by Crippen LogP contribution is -2.52. The van der Waals surface area contributed by atoms with Gasteiger partial charge in [0.05, 0.1) is 6.04 Å². The molecular formula is C22H28N4O2S. The molecule has 3 amide bonds. The zero-order valence-corrected chi connectivity index (χ0v) is 17.7. The van der Waals surface area contributed by atoms with Gasteiger partial charge in [-0.3, -0.25) is 4.79 Å². The summed E-state index contributed by atoms with van der Waals surface area (Å²) in [6, 6.07) is 12.2. The lowest BCUT2D eigenvalue weighted by molar-refractivity contribution is -0.131. The van der Waals surface area contributed by atoms with Gasteiger partial charge in [-0.25, -0.2) is 4.79 Å². The van der Waals surface area contributed by atoms with Gasteiger partial charge in [0, 0.05) is 50.6 Å². The number of nitrogens with zero attached hydrogens (tertiary/aromatic N) is 3. The number of carbonyl (C=O) groups is 2. The number of amides is 3. The molecule has 1 saturated heterocycles. The standard InChI is InChI=1S/C22H28N4O2S/c1-24-12-13-26(19(16-24)17-5-3-2-4-6-17)22(28)23-10-7-21(27)25-11-8-20-18(15-25)9-14-29-20/h2-6,9,14,19H,7-8,10-13,15-16H2,1H3,(H,23,28). The van der Waals surface area contributed by atoms with E-state index in [-0.39, 0.29) is 18.0 Å². The van der Waals surface area contributed by atoms with Gasteiger partial charge in [-0.1, -0.05) is 30.3 Å². The van der Waals surface area contributed by atoms with Gasteiger partial charge in [0.1, 0.15) is 0 Å². The van der Waals surface area contributed by atoms with Crippen LogP contribution in [0.2, 0.25) is 0 Å². The van der Waals surface area contributed by atoms with Gasteiger partial charge in [0.25, 0.3) is 0 Å². The summed E-state index contributed by atoms with van der Waals surface area (Å²) in [6.45, 7) is 4.19. The Bertz CT molecular complexity index is 854. The number of thiophene rings is 1. The third-order valence-electron chi connectivity index (χ3n) is 5.80. The highest BCUT2D eigenvalue weighted by Gasteiger charge is 2.30.